The zero-order valence-electron chi connectivity index (χ0n) is 25.0. The summed E-state index contributed by atoms with van der Waals surface area (Å²) in [5, 5.41) is 1.08. The number of hydrogen-bond acceptors (Lipinski definition) is 4. The number of hydrogen-bond donors (Lipinski definition) is 0. The molecule has 3 aromatic heterocycles. The quantitative estimate of drug-likeness (QED) is 0.194. The molecule has 0 aliphatic carbocycles. The van der Waals surface area contributed by atoms with Gasteiger partial charge in [0.25, 0.3) is 0 Å². The van der Waals surface area contributed by atoms with Crippen molar-refractivity contribution in [2.24, 2.45) is 0 Å². The smallest absolute Gasteiger partial charge is 0.160 e. The summed E-state index contributed by atoms with van der Waals surface area (Å²) < 4.78 is 0. The molecule has 3 heterocycles. The second-order valence-electron chi connectivity index (χ2n) is 11.1. The Morgan fingerprint density at radius 2 is 0.870 bits per heavy atom. The molecule has 4 nitrogen and oxygen atoms in total. The second kappa shape index (κ2) is 12.0. The maximum atomic E-state index is 5.07. The van der Waals surface area contributed by atoms with Gasteiger partial charge in [0.1, 0.15) is 0 Å². The molecular formula is C42H28N4. The predicted octanol–water partition coefficient (Wildman–Crippen LogP) is 10.4. The van der Waals surface area contributed by atoms with Crippen LogP contribution in [0.25, 0.3) is 78.4 Å². The molecule has 0 spiro atoms. The van der Waals surface area contributed by atoms with Gasteiger partial charge in [-0.2, -0.15) is 0 Å². The monoisotopic (exact) mass is 588 g/mol. The molecule has 46 heavy (non-hydrogen) atoms. The molecule has 0 fully saturated rings. The Kier molecular flexibility index (Phi) is 7.14. The minimum absolute atomic E-state index is 0.670. The van der Waals surface area contributed by atoms with Crippen molar-refractivity contribution < 1.29 is 0 Å². The third kappa shape index (κ3) is 5.44. The summed E-state index contributed by atoms with van der Waals surface area (Å²) in [6.45, 7) is 0. The minimum Gasteiger partial charge on any atom is -0.254 e. The van der Waals surface area contributed by atoms with Crippen molar-refractivity contribution in [2.75, 3.05) is 0 Å². The van der Waals surface area contributed by atoms with Crippen LogP contribution in [0, 0.1) is 0 Å². The molecule has 8 aromatic rings. The Labute approximate surface area is 267 Å². The summed E-state index contributed by atoms with van der Waals surface area (Å²) in [4.78, 5) is 19.9. The summed E-state index contributed by atoms with van der Waals surface area (Å²) in [6, 6.07) is 55.9. The maximum absolute atomic E-state index is 5.07. The molecule has 0 N–H and O–H groups in total. The van der Waals surface area contributed by atoms with E-state index in [0.717, 1.165) is 67.1 Å². The van der Waals surface area contributed by atoms with E-state index >= 15 is 0 Å². The topological polar surface area (TPSA) is 51.6 Å². The van der Waals surface area contributed by atoms with Gasteiger partial charge in [-0.1, -0.05) is 133 Å². The van der Waals surface area contributed by atoms with Crippen molar-refractivity contribution in [3.63, 3.8) is 0 Å². The number of nitrogens with zero attached hydrogens (tertiary/aromatic N) is 4. The van der Waals surface area contributed by atoms with Crippen molar-refractivity contribution in [1.29, 1.82) is 0 Å². The predicted molar refractivity (Wildman–Crippen MR) is 188 cm³/mol. The van der Waals surface area contributed by atoms with Crippen LogP contribution >= 0.6 is 0 Å². The highest BCUT2D eigenvalue weighted by molar-refractivity contribution is 5.99. The first kappa shape index (κ1) is 27.3. The Hall–Kier alpha value is -6.26. The molecule has 8 rings (SSSR count). The second-order valence-corrected chi connectivity index (χ2v) is 11.1. The SMILES string of the molecule is c1ccc(-c2ccc3nc(-c4ccccc4)cc(-c4ccc(-c5cc(-c6ccccc6)nc(-c6ccccc6)n5)nc4)c3c2)cc1. The van der Waals surface area contributed by atoms with Gasteiger partial charge >= 0.3 is 0 Å². The fourth-order valence-electron chi connectivity index (χ4n) is 5.79. The van der Waals surface area contributed by atoms with Crippen molar-refractivity contribution in [3.05, 3.63) is 170 Å². The lowest BCUT2D eigenvalue weighted by molar-refractivity contribution is 1.16. The fraction of sp³-hybridized carbons (Fsp3) is 0. The number of fused-ring (bicyclic) bond motifs is 1. The van der Waals surface area contributed by atoms with Gasteiger partial charge in [-0.15, -0.1) is 0 Å². The van der Waals surface area contributed by atoms with E-state index in [1.54, 1.807) is 0 Å². The minimum atomic E-state index is 0.670. The molecular weight excluding hydrogens is 560 g/mol. The van der Waals surface area contributed by atoms with Gasteiger partial charge < -0.3 is 0 Å². The van der Waals surface area contributed by atoms with Crippen LogP contribution in [0.2, 0.25) is 0 Å². The van der Waals surface area contributed by atoms with Gasteiger partial charge in [0.2, 0.25) is 0 Å². The highest BCUT2D eigenvalue weighted by Crippen LogP contribution is 2.35. The first-order valence-electron chi connectivity index (χ1n) is 15.3. The van der Waals surface area contributed by atoms with E-state index in [4.69, 9.17) is 19.9 Å². The van der Waals surface area contributed by atoms with Gasteiger partial charge in [0.15, 0.2) is 5.82 Å². The van der Waals surface area contributed by atoms with Crippen LogP contribution in [-0.4, -0.2) is 19.9 Å². The third-order valence-corrected chi connectivity index (χ3v) is 8.15. The van der Waals surface area contributed by atoms with E-state index < -0.39 is 0 Å². The van der Waals surface area contributed by atoms with Crippen LogP contribution in [0.1, 0.15) is 0 Å². The van der Waals surface area contributed by atoms with Gasteiger partial charge in [0, 0.05) is 33.8 Å². The fourth-order valence-corrected chi connectivity index (χ4v) is 5.79. The van der Waals surface area contributed by atoms with E-state index in [1.165, 1.54) is 5.56 Å². The maximum Gasteiger partial charge on any atom is 0.160 e. The normalized spacial score (nSPS) is 11.0. The number of pyridine rings is 2. The molecule has 0 amide bonds. The van der Waals surface area contributed by atoms with Gasteiger partial charge in [-0.05, 0) is 47.0 Å². The van der Waals surface area contributed by atoms with Crippen LogP contribution in [0.15, 0.2) is 170 Å². The standard InChI is InChI=1S/C42H28N4/c1-5-13-29(14-6-1)33-21-23-37-36(25-33)35(26-39(44-37)30-15-7-2-8-16-30)34-22-24-38(43-28-34)41-27-40(31-17-9-3-10-18-31)45-42(46-41)32-19-11-4-12-20-32/h1-28H. The Morgan fingerprint density at radius 3 is 1.48 bits per heavy atom. The van der Waals surface area contributed by atoms with Crippen molar-refractivity contribution in [2.45, 2.75) is 0 Å². The van der Waals surface area contributed by atoms with Crippen molar-refractivity contribution in [1.82, 2.24) is 19.9 Å². The average molecular weight is 589 g/mol. The number of benzene rings is 5. The van der Waals surface area contributed by atoms with Crippen LogP contribution in [-0.2, 0) is 0 Å². The van der Waals surface area contributed by atoms with Crippen LogP contribution < -0.4 is 0 Å². The molecule has 0 atom stereocenters. The summed E-state index contributed by atoms with van der Waals surface area (Å²) in [6.07, 6.45) is 1.94. The number of rotatable bonds is 6. The van der Waals surface area contributed by atoms with E-state index in [-0.39, 0.29) is 0 Å². The van der Waals surface area contributed by atoms with Crippen LogP contribution in [0.3, 0.4) is 0 Å². The molecule has 4 heteroatoms. The Bertz CT molecular complexity index is 2210. The van der Waals surface area contributed by atoms with E-state index in [2.05, 4.69) is 84.9 Å². The molecule has 0 unspecified atom stereocenters. The molecule has 0 aliphatic heterocycles. The molecule has 216 valence electrons. The van der Waals surface area contributed by atoms with Gasteiger partial charge in [0.05, 0.1) is 28.3 Å². The van der Waals surface area contributed by atoms with Gasteiger partial charge in [-0.3, -0.25) is 4.98 Å². The average Bonchev–Trinajstić information content (AvgIpc) is 3.15. The molecule has 5 aromatic carbocycles. The van der Waals surface area contributed by atoms with E-state index in [1.807, 2.05) is 85.1 Å². The Morgan fingerprint density at radius 1 is 0.326 bits per heavy atom. The lowest BCUT2D eigenvalue weighted by Gasteiger charge is -2.13. The summed E-state index contributed by atoms with van der Waals surface area (Å²) in [5.74, 6) is 0.670. The van der Waals surface area contributed by atoms with Gasteiger partial charge in [-0.25, -0.2) is 15.0 Å². The summed E-state index contributed by atoms with van der Waals surface area (Å²) in [5.41, 5.74) is 11.8. The number of aromatic nitrogens is 4. The van der Waals surface area contributed by atoms with E-state index in [0.29, 0.717) is 5.82 Å². The molecule has 0 radical (unpaired) electrons. The van der Waals surface area contributed by atoms with Crippen molar-refractivity contribution >= 4 is 10.9 Å². The molecule has 0 aliphatic rings. The largest absolute Gasteiger partial charge is 0.254 e. The highest BCUT2D eigenvalue weighted by Gasteiger charge is 2.14. The zero-order chi connectivity index (χ0) is 30.7. The highest BCUT2D eigenvalue weighted by atomic mass is 14.9. The lowest BCUT2D eigenvalue weighted by Crippen LogP contribution is -1.97. The first-order chi connectivity index (χ1) is 22.8. The molecule has 0 bridgehead atoms. The van der Waals surface area contributed by atoms with Crippen LogP contribution in [0.5, 0.6) is 0 Å². The Balaban J connectivity index is 1.26. The third-order valence-electron chi connectivity index (χ3n) is 8.15. The van der Waals surface area contributed by atoms with E-state index in [9.17, 15) is 0 Å². The zero-order valence-corrected chi connectivity index (χ0v) is 25.0. The molecule has 0 saturated carbocycles. The van der Waals surface area contributed by atoms with Crippen LogP contribution in [0.4, 0.5) is 0 Å². The first-order valence-corrected chi connectivity index (χ1v) is 15.3. The summed E-state index contributed by atoms with van der Waals surface area (Å²) >= 11 is 0. The van der Waals surface area contributed by atoms with Crippen molar-refractivity contribution in [3.8, 4) is 67.5 Å². The lowest BCUT2D eigenvalue weighted by atomic mass is 9.96. The molecule has 0 saturated heterocycles. The summed E-state index contributed by atoms with van der Waals surface area (Å²) in [7, 11) is 0.